The van der Waals surface area contributed by atoms with Crippen LogP contribution in [-0.2, 0) is 11.8 Å². The van der Waals surface area contributed by atoms with Crippen molar-refractivity contribution < 1.29 is 19.1 Å². The number of carbonyl (C=O) groups excluding carboxylic acids is 2. The number of hydrogen-bond donors (Lipinski definition) is 2. The molecule has 3 aliphatic rings. The van der Waals surface area contributed by atoms with E-state index in [1.807, 2.05) is 30.1 Å². The van der Waals surface area contributed by atoms with Gasteiger partial charge in [-0.3, -0.25) is 4.79 Å². The first-order chi connectivity index (χ1) is 16.0. The summed E-state index contributed by atoms with van der Waals surface area (Å²) in [5.74, 6) is 0.499. The van der Waals surface area contributed by atoms with Crippen molar-refractivity contribution in [1.29, 1.82) is 0 Å². The number of allylic oxidation sites excluding steroid dienone is 1. The lowest BCUT2D eigenvalue weighted by Crippen LogP contribution is -2.37. The molecule has 0 radical (unpaired) electrons. The molecule has 6 rings (SSSR count). The quantitative estimate of drug-likeness (QED) is 0.602. The number of nitrogens with zero attached hydrogens (tertiary/aromatic N) is 3. The van der Waals surface area contributed by atoms with E-state index in [-0.39, 0.29) is 23.7 Å². The van der Waals surface area contributed by atoms with E-state index in [9.17, 15) is 9.59 Å². The van der Waals surface area contributed by atoms with Crippen LogP contribution < -0.4 is 20.3 Å². The molecule has 168 valence electrons. The summed E-state index contributed by atoms with van der Waals surface area (Å²) in [4.78, 5) is 31.7. The van der Waals surface area contributed by atoms with Crippen LogP contribution in [0.1, 0.15) is 22.3 Å². The van der Waals surface area contributed by atoms with Crippen LogP contribution >= 0.6 is 0 Å². The molecule has 2 saturated heterocycles. The van der Waals surface area contributed by atoms with Gasteiger partial charge in [-0.05, 0) is 36.8 Å². The lowest BCUT2D eigenvalue weighted by Gasteiger charge is -2.29. The topological polar surface area (TPSA) is 97.7 Å². The summed E-state index contributed by atoms with van der Waals surface area (Å²) in [5, 5.41) is 6.17. The maximum absolute atomic E-state index is 13.1. The molecule has 2 fully saturated rings. The Labute approximate surface area is 190 Å². The third-order valence-electron chi connectivity index (χ3n) is 6.51. The number of urea groups is 1. The van der Waals surface area contributed by atoms with Crippen molar-refractivity contribution in [2.45, 2.75) is 18.6 Å². The zero-order chi connectivity index (χ0) is 22.7. The van der Waals surface area contributed by atoms with E-state index >= 15 is 0 Å². The summed E-state index contributed by atoms with van der Waals surface area (Å²) in [6.07, 6.45) is 6.89. The Hall–Kier alpha value is -3.85. The Kier molecular flexibility index (Phi) is 4.41. The molecule has 1 aromatic carbocycles. The highest BCUT2D eigenvalue weighted by Crippen LogP contribution is 2.39. The molecule has 2 atom stereocenters. The number of fused-ring (bicyclic) bond motifs is 4. The molecule has 2 aromatic heterocycles. The summed E-state index contributed by atoms with van der Waals surface area (Å²) < 4.78 is 13.6. The first kappa shape index (κ1) is 19.8. The molecule has 9 nitrogen and oxygen atoms in total. The number of benzene rings is 1. The van der Waals surface area contributed by atoms with E-state index in [0.29, 0.717) is 23.0 Å². The minimum absolute atomic E-state index is 0.221. The van der Waals surface area contributed by atoms with Crippen molar-refractivity contribution in [1.82, 2.24) is 14.9 Å². The third kappa shape index (κ3) is 3.15. The number of hydrogen-bond acceptors (Lipinski definition) is 6. The average molecular weight is 445 g/mol. The smallest absolute Gasteiger partial charge is 0.318 e. The van der Waals surface area contributed by atoms with Crippen molar-refractivity contribution in [3.8, 4) is 5.75 Å². The van der Waals surface area contributed by atoms with Crippen molar-refractivity contribution >= 4 is 40.3 Å². The molecule has 2 N–H and O–H groups in total. The van der Waals surface area contributed by atoms with Crippen molar-refractivity contribution in [3.05, 3.63) is 53.5 Å². The van der Waals surface area contributed by atoms with Gasteiger partial charge in [-0.1, -0.05) is 0 Å². The molecule has 33 heavy (non-hydrogen) atoms. The maximum atomic E-state index is 13.1. The highest BCUT2D eigenvalue weighted by atomic mass is 16.5. The number of aromatic nitrogens is 2. The van der Waals surface area contributed by atoms with Crippen LogP contribution in [0.5, 0.6) is 5.75 Å². The predicted molar refractivity (Wildman–Crippen MR) is 124 cm³/mol. The van der Waals surface area contributed by atoms with Gasteiger partial charge >= 0.3 is 6.03 Å². The Balaban J connectivity index is 1.38. The highest BCUT2D eigenvalue weighted by molar-refractivity contribution is 6.16. The molecule has 2 bridgehead atoms. The Morgan fingerprint density at radius 1 is 1.30 bits per heavy atom. The Morgan fingerprint density at radius 2 is 2.18 bits per heavy atom. The van der Waals surface area contributed by atoms with Crippen LogP contribution in [0.4, 0.5) is 16.2 Å². The van der Waals surface area contributed by atoms with Gasteiger partial charge in [0.05, 0.1) is 30.0 Å². The first-order valence-corrected chi connectivity index (χ1v) is 10.9. The largest absolute Gasteiger partial charge is 0.452 e. The third-order valence-corrected chi connectivity index (χ3v) is 6.51. The number of pyridine rings is 1. The molecular weight excluding hydrogens is 422 g/mol. The number of amides is 2. The molecular formula is C24H23N5O4. The SMILES string of the molecule is CNC(=O)Nc1ccc2c(c1)C(=O)/C(=C/c1cn(C)c3nccc(N4CC5CC4CO5)c13)O2. The predicted octanol–water partition coefficient (Wildman–Crippen LogP) is 2.92. The molecule has 0 aliphatic carbocycles. The fraction of sp³-hybridized carbons (Fsp3) is 0.292. The number of nitrogens with one attached hydrogen (secondary N) is 2. The highest BCUT2D eigenvalue weighted by Gasteiger charge is 2.40. The second-order valence-corrected chi connectivity index (χ2v) is 8.58. The van der Waals surface area contributed by atoms with Crippen LogP contribution in [0.15, 0.2) is 42.4 Å². The lowest BCUT2D eigenvalue weighted by atomic mass is 10.1. The van der Waals surface area contributed by atoms with Gasteiger partial charge in [0.25, 0.3) is 0 Å². The number of aryl methyl sites for hydroxylation is 1. The van der Waals surface area contributed by atoms with Crippen LogP contribution in [0, 0.1) is 0 Å². The monoisotopic (exact) mass is 445 g/mol. The molecule has 0 spiro atoms. The molecule has 0 saturated carbocycles. The number of anilines is 2. The second kappa shape index (κ2) is 7.35. The first-order valence-electron chi connectivity index (χ1n) is 10.9. The molecule has 5 heterocycles. The fourth-order valence-electron chi connectivity index (χ4n) is 4.96. The summed E-state index contributed by atoms with van der Waals surface area (Å²) in [7, 11) is 3.48. The van der Waals surface area contributed by atoms with E-state index in [2.05, 4.69) is 20.5 Å². The van der Waals surface area contributed by atoms with Gasteiger partial charge in [0.15, 0.2) is 5.76 Å². The standard InChI is InChI=1S/C24H23N5O4/c1-25-24(31)27-14-3-4-19-17(8-14)22(30)20(33-19)7-13-10-28(2)23-21(13)18(5-6-26-23)29-11-16-9-15(29)12-32-16/h3-8,10,15-16H,9,11-12H2,1-2H3,(H2,25,27,31)/b20-7-. The summed E-state index contributed by atoms with van der Waals surface area (Å²) >= 11 is 0. The zero-order valence-corrected chi connectivity index (χ0v) is 18.3. The number of morpholine rings is 1. The average Bonchev–Trinajstić information content (AvgIpc) is 3.59. The zero-order valence-electron chi connectivity index (χ0n) is 18.3. The number of ether oxygens (including phenoxy) is 2. The van der Waals surface area contributed by atoms with E-state index in [4.69, 9.17) is 9.47 Å². The Bertz CT molecular complexity index is 1340. The van der Waals surface area contributed by atoms with Crippen LogP contribution in [0.25, 0.3) is 17.1 Å². The Morgan fingerprint density at radius 3 is 2.94 bits per heavy atom. The van der Waals surface area contributed by atoms with Crippen LogP contribution in [0.2, 0.25) is 0 Å². The second-order valence-electron chi connectivity index (χ2n) is 8.58. The van der Waals surface area contributed by atoms with E-state index in [1.54, 1.807) is 24.3 Å². The van der Waals surface area contributed by atoms with Gasteiger partial charge in [-0.2, -0.15) is 0 Å². The summed E-state index contributed by atoms with van der Waals surface area (Å²) in [6.45, 7) is 1.59. The van der Waals surface area contributed by atoms with E-state index in [0.717, 1.165) is 41.9 Å². The van der Waals surface area contributed by atoms with Gasteiger partial charge in [0.1, 0.15) is 11.4 Å². The number of carbonyl (C=O) groups is 2. The van der Waals surface area contributed by atoms with Gasteiger partial charge in [-0.15, -0.1) is 0 Å². The van der Waals surface area contributed by atoms with Gasteiger partial charge < -0.3 is 29.6 Å². The number of Topliss-reactive ketones (excluding diaryl/α,β-unsaturated/α-hetero) is 1. The van der Waals surface area contributed by atoms with Gasteiger partial charge in [0.2, 0.25) is 5.78 Å². The van der Waals surface area contributed by atoms with Crippen molar-refractivity contribution in [2.75, 3.05) is 30.4 Å². The van der Waals surface area contributed by atoms with Gasteiger partial charge in [-0.25, -0.2) is 9.78 Å². The molecule has 2 unspecified atom stereocenters. The van der Waals surface area contributed by atoms with Crippen LogP contribution in [0.3, 0.4) is 0 Å². The normalized spacial score (nSPS) is 22.2. The van der Waals surface area contributed by atoms with E-state index < -0.39 is 0 Å². The molecule has 9 heteroatoms. The minimum Gasteiger partial charge on any atom is -0.452 e. The minimum atomic E-state index is -0.353. The lowest BCUT2D eigenvalue weighted by molar-refractivity contribution is 0.0992. The van der Waals surface area contributed by atoms with Gasteiger partial charge in [0, 0.05) is 49.7 Å². The van der Waals surface area contributed by atoms with E-state index in [1.165, 1.54) is 7.05 Å². The van der Waals surface area contributed by atoms with Crippen molar-refractivity contribution in [2.24, 2.45) is 7.05 Å². The fourth-order valence-corrected chi connectivity index (χ4v) is 4.96. The van der Waals surface area contributed by atoms with Crippen LogP contribution in [-0.4, -0.2) is 53.7 Å². The van der Waals surface area contributed by atoms with Crippen molar-refractivity contribution in [3.63, 3.8) is 0 Å². The maximum Gasteiger partial charge on any atom is 0.318 e. The molecule has 3 aromatic rings. The number of ketones is 1. The molecule has 3 aliphatic heterocycles. The molecule has 2 amide bonds. The summed E-state index contributed by atoms with van der Waals surface area (Å²) in [6, 6.07) is 7.07. The number of rotatable bonds is 3. The summed E-state index contributed by atoms with van der Waals surface area (Å²) in [5.41, 5.74) is 3.77.